The van der Waals surface area contributed by atoms with E-state index in [0.717, 1.165) is 37.5 Å². The molecule has 0 radical (unpaired) electrons. The molecule has 1 aromatic carbocycles. The van der Waals surface area contributed by atoms with E-state index in [9.17, 15) is 9.18 Å². The van der Waals surface area contributed by atoms with Gasteiger partial charge in [-0.05, 0) is 68.6 Å². The Kier molecular flexibility index (Phi) is 6.02. The number of hydrogen-bond donors (Lipinski definition) is 1. The molecule has 5 nitrogen and oxygen atoms in total. The number of pyridine rings is 1. The number of aromatic nitrogens is 3. The van der Waals surface area contributed by atoms with Crippen LogP contribution in [0.15, 0.2) is 42.9 Å². The molecule has 2 aromatic heterocycles. The van der Waals surface area contributed by atoms with Gasteiger partial charge in [0.1, 0.15) is 17.2 Å². The number of nitrogens with one attached hydrogen (secondary N) is 1. The van der Waals surface area contributed by atoms with Gasteiger partial charge in [-0.25, -0.2) is 14.4 Å². The van der Waals surface area contributed by atoms with Gasteiger partial charge in [0.05, 0.1) is 5.56 Å². The smallest absolute Gasteiger partial charge is 0.254 e. The Morgan fingerprint density at radius 3 is 2.57 bits per heavy atom. The summed E-state index contributed by atoms with van der Waals surface area (Å²) in [6.45, 7) is 3.91. The minimum absolute atomic E-state index is 0.112. The van der Waals surface area contributed by atoms with Crippen molar-refractivity contribution >= 4 is 16.8 Å². The second kappa shape index (κ2) is 8.86. The maximum absolute atomic E-state index is 14.1. The summed E-state index contributed by atoms with van der Waals surface area (Å²) in [6.07, 6.45) is 9.88. The average Bonchev–Trinajstić information content (AvgIpc) is 2.78. The first-order valence-electron chi connectivity index (χ1n) is 10.7. The number of nitrogens with zero attached hydrogens (tertiary/aromatic N) is 3. The lowest BCUT2D eigenvalue weighted by molar-refractivity contribution is 0.0908. The van der Waals surface area contributed by atoms with Crippen molar-refractivity contribution < 1.29 is 9.18 Å². The molecule has 1 fully saturated rings. The van der Waals surface area contributed by atoms with Crippen molar-refractivity contribution in [3.8, 4) is 0 Å². The number of amides is 1. The fourth-order valence-electron chi connectivity index (χ4n) is 4.66. The van der Waals surface area contributed by atoms with Crippen LogP contribution in [0.2, 0.25) is 0 Å². The van der Waals surface area contributed by atoms with Crippen molar-refractivity contribution in [2.75, 3.05) is 0 Å². The largest absolute Gasteiger partial charge is 0.349 e. The van der Waals surface area contributed by atoms with E-state index in [4.69, 9.17) is 0 Å². The fourth-order valence-corrected chi connectivity index (χ4v) is 4.66. The number of halogens is 1. The number of para-hydroxylation sites is 1. The average molecular weight is 407 g/mol. The molecular weight excluding hydrogens is 379 g/mol. The summed E-state index contributed by atoms with van der Waals surface area (Å²) in [5, 5.41) is 4.10. The van der Waals surface area contributed by atoms with Crippen molar-refractivity contribution in [2.24, 2.45) is 5.92 Å². The topological polar surface area (TPSA) is 67.8 Å². The van der Waals surface area contributed by atoms with E-state index in [0.29, 0.717) is 28.7 Å². The monoisotopic (exact) mass is 406 g/mol. The van der Waals surface area contributed by atoms with Gasteiger partial charge < -0.3 is 5.32 Å². The van der Waals surface area contributed by atoms with Crippen molar-refractivity contribution in [1.82, 2.24) is 20.3 Å². The first-order valence-corrected chi connectivity index (χ1v) is 10.7. The molecule has 1 N–H and O–H groups in total. The first kappa shape index (κ1) is 20.4. The van der Waals surface area contributed by atoms with Crippen LogP contribution in [-0.4, -0.2) is 26.9 Å². The molecule has 30 heavy (non-hydrogen) atoms. The molecule has 0 unspecified atom stereocenters. The van der Waals surface area contributed by atoms with Crippen LogP contribution in [-0.2, 0) is 0 Å². The predicted octanol–water partition coefficient (Wildman–Crippen LogP) is 4.95. The normalized spacial score (nSPS) is 20.1. The van der Waals surface area contributed by atoms with E-state index in [2.05, 4.69) is 27.2 Å². The van der Waals surface area contributed by atoms with Gasteiger partial charge in [0.15, 0.2) is 0 Å². The molecule has 0 saturated heterocycles. The summed E-state index contributed by atoms with van der Waals surface area (Å²) in [7, 11) is 0. The van der Waals surface area contributed by atoms with E-state index in [1.807, 2.05) is 12.1 Å². The Bertz CT molecular complexity index is 1030. The summed E-state index contributed by atoms with van der Waals surface area (Å²) < 4.78 is 14.1. The zero-order valence-corrected chi connectivity index (χ0v) is 17.4. The molecule has 0 spiro atoms. The highest BCUT2D eigenvalue weighted by atomic mass is 19.1. The molecule has 6 heteroatoms. The summed E-state index contributed by atoms with van der Waals surface area (Å²) in [4.78, 5) is 25.1. The van der Waals surface area contributed by atoms with Crippen LogP contribution < -0.4 is 5.32 Å². The number of aryl methyl sites for hydroxylation is 1. The molecule has 156 valence electrons. The standard InChI is InChI=1S/C24H27FN4O/c1-3-22(29-24(30)18-13-27-15(2)28-14-18)17-9-7-16(8-10-17)19-11-12-26-23-20(19)5-4-6-21(23)25/h4-6,11-14,16-17,22H,3,7-10H2,1-2H3,(H,29,30)/t16-,17-,22-/m0/s1. The van der Waals surface area contributed by atoms with Crippen LogP contribution in [0.4, 0.5) is 4.39 Å². The number of fused-ring (bicyclic) bond motifs is 1. The third-order valence-electron chi connectivity index (χ3n) is 6.34. The number of carbonyl (C=O) groups excluding carboxylic acids is 1. The second-order valence-electron chi connectivity index (χ2n) is 8.16. The molecule has 0 aliphatic heterocycles. The Hall–Kier alpha value is -2.89. The summed E-state index contributed by atoms with van der Waals surface area (Å²) in [5.41, 5.74) is 2.14. The highest BCUT2D eigenvalue weighted by Crippen LogP contribution is 2.40. The molecular formula is C24H27FN4O. The maximum atomic E-state index is 14.1. The van der Waals surface area contributed by atoms with Crippen LogP contribution in [0.1, 0.15) is 66.7 Å². The number of carbonyl (C=O) groups is 1. The van der Waals surface area contributed by atoms with E-state index in [1.54, 1.807) is 31.6 Å². The van der Waals surface area contributed by atoms with Gasteiger partial charge in [0.25, 0.3) is 5.91 Å². The summed E-state index contributed by atoms with van der Waals surface area (Å²) in [6, 6.07) is 7.34. The molecule has 1 amide bonds. The van der Waals surface area contributed by atoms with E-state index in [1.165, 1.54) is 11.6 Å². The highest BCUT2D eigenvalue weighted by molar-refractivity contribution is 5.93. The van der Waals surface area contributed by atoms with Gasteiger partial charge >= 0.3 is 0 Å². The molecule has 1 aliphatic rings. The van der Waals surface area contributed by atoms with Gasteiger partial charge in [0, 0.05) is 30.0 Å². The van der Waals surface area contributed by atoms with Crippen LogP contribution in [0, 0.1) is 18.7 Å². The van der Waals surface area contributed by atoms with Crippen molar-refractivity contribution in [1.29, 1.82) is 0 Å². The lowest BCUT2D eigenvalue weighted by Crippen LogP contribution is -2.41. The highest BCUT2D eigenvalue weighted by Gasteiger charge is 2.29. The number of rotatable bonds is 5. The molecule has 4 rings (SSSR count). The molecule has 0 bridgehead atoms. The van der Waals surface area contributed by atoms with Crippen LogP contribution >= 0.6 is 0 Å². The van der Waals surface area contributed by atoms with Crippen LogP contribution in [0.5, 0.6) is 0 Å². The molecule has 1 aliphatic carbocycles. The van der Waals surface area contributed by atoms with E-state index in [-0.39, 0.29) is 17.8 Å². The predicted molar refractivity (Wildman–Crippen MR) is 115 cm³/mol. The second-order valence-corrected chi connectivity index (χ2v) is 8.16. The molecule has 3 aromatic rings. The van der Waals surface area contributed by atoms with E-state index < -0.39 is 0 Å². The summed E-state index contributed by atoms with van der Waals surface area (Å²) >= 11 is 0. The van der Waals surface area contributed by atoms with Gasteiger partial charge in [-0.3, -0.25) is 9.78 Å². The fraction of sp³-hybridized carbons (Fsp3) is 0.417. The first-order chi connectivity index (χ1) is 14.6. The Balaban J connectivity index is 1.43. The minimum Gasteiger partial charge on any atom is -0.349 e. The van der Waals surface area contributed by atoms with Crippen molar-refractivity contribution in [2.45, 2.75) is 57.9 Å². The quantitative estimate of drug-likeness (QED) is 0.651. The Labute approximate surface area is 176 Å². The van der Waals surface area contributed by atoms with E-state index >= 15 is 0 Å². The SMILES string of the molecule is CC[C@H](NC(=O)c1cnc(C)nc1)[C@H]1CC[C@H](c2ccnc3c(F)cccc32)CC1. The van der Waals surface area contributed by atoms with Gasteiger partial charge in [-0.2, -0.15) is 0 Å². The molecule has 1 saturated carbocycles. The summed E-state index contributed by atoms with van der Waals surface area (Å²) in [5.74, 6) is 1.11. The van der Waals surface area contributed by atoms with Crippen LogP contribution in [0.3, 0.4) is 0 Å². The molecule has 2 heterocycles. The Morgan fingerprint density at radius 2 is 1.87 bits per heavy atom. The van der Waals surface area contributed by atoms with Crippen molar-refractivity contribution in [3.63, 3.8) is 0 Å². The Morgan fingerprint density at radius 1 is 1.13 bits per heavy atom. The zero-order chi connectivity index (χ0) is 21.1. The lowest BCUT2D eigenvalue weighted by atomic mass is 9.75. The lowest BCUT2D eigenvalue weighted by Gasteiger charge is -2.34. The van der Waals surface area contributed by atoms with Gasteiger partial charge in [-0.1, -0.05) is 19.1 Å². The maximum Gasteiger partial charge on any atom is 0.254 e. The zero-order valence-electron chi connectivity index (χ0n) is 17.4. The van der Waals surface area contributed by atoms with Gasteiger partial charge in [-0.15, -0.1) is 0 Å². The van der Waals surface area contributed by atoms with Gasteiger partial charge in [0.2, 0.25) is 0 Å². The van der Waals surface area contributed by atoms with Crippen molar-refractivity contribution in [3.05, 3.63) is 65.6 Å². The number of hydrogen-bond acceptors (Lipinski definition) is 4. The minimum atomic E-state index is -0.267. The number of benzene rings is 1. The van der Waals surface area contributed by atoms with Crippen LogP contribution in [0.25, 0.3) is 10.9 Å². The third-order valence-corrected chi connectivity index (χ3v) is 6.34. The third kappa shape index (κ3) is 4.18. The molecule has 1 atom stereocenters.